The predicted octanol–water partition coefficient (Wildman–Crippen LogP) is 1.47. The molecule has 10 heteroatoms. The lowest BCUT2D eigenvalue weighted by atomic mass is 10.2. The van der Waals surface area contributed by atoms with Gasteiger partial charge in [-0.15, -0.1) is 16.4 Å². The van der Waals surface area contributed by atoms with Crippen LogP contribution >= 0.6 is 23.1 Å². The molecule has 0 radical (unpaired) electrons. The van der Waals surface area contributed by atoms with E-state index in [1.54, 1.807) is 0 Å². The SMILES string of the molecule is CCCn1c(SCC(=O)NNC(=O)c2cc(C)c(CC)s2)n[nH]c1=O. The lowest BCUT2D eigenvalue weighted by Crippen LogP contribution is -2.42. The van der Waals surface area contributed by atoms with Crippen molar-refractivity contribution in [3.8, 4) is 0 Å². The lowest BCUT2D eigenvalue weighted by Gasteiger charge is -2.06. The summed E-state index contributed by atoms with van der Waals surface area (Å²) in [4.78, 5) is 37.2. The fourth-order valence-electron chi connectivity index (χ4n) is 2.17. The van der Waals surface area contributed by atoms with Crippen molar-refractivity contribution in [2.75, 3.05) is 5.75 Å². The van der Waals surface area contributed by atoms with Crippen LogP contribution in [0.4, 0.5) is 0 Å². The Balaban J connectivity index is 1.84. The van der Waals surface area contributed by atoms with E-state index in [1.807, 2.05) is 26.8 Å². The Kier molecular flexibility index (Phi) is 6.82. The van der Waals surface area contributed by atoms with Crippen LogP contribution in [0.5, 0.6) is 0 Å². The summed E-state index contributed by atoms with van der Waals surface area (Å²) in [6, 6.07) is 1.81. The number of nitrogens with one attached hydrogen (secondary N) is 3. The molecule has 3 N–H and O–H groups in total. The summed E-state index contributed by atoms with van der Waals surface area (Å²) >= 11 is 2.55. The average molecular weight is 383 g/mol. The minimum Gasteiger partial charge on any atom is -0.272 e. The highest BCUT2D eigenvalue weighted by molar-refractivity contribution is 7.99. The van der Waals surface area contributed by atoms with Crippen LogP contribution in [0, 0.1) is 6.92 Å². The molecular formula is C15H21N5O3S2. The normalized spacial score (nSPS) is 10.7. The highest BCUT2D eigenvalue weighted by Crippen LogP contribution is 2.22. The van der Waals surface area contributed by atoms with Crippen LogP contribution in [-0.2, 0) is 17.8 Å². The molecule has 2 heterocycles. The van der Waals surface area contributed by atoms with E-state index in [1.165, 1.54) is 15.9 Å². The van der Waals surface area contributed by atoms with Crippen molar-refractivity contribution in [1.82, 2.24) is 25.6 Å². The number of thiophene rings is 1. The number of aryl methyl sites for hydroxylation is 2. The Morgan fingerprint density at radius 2 is 2.12 bits per heavy atom. The summed E-state index contributed by atoms with van der Waals surface area (Å²) in [5.74, 6) is -0.674. The molecule has 0 aromatic carbocycles. The molecule has 0 aliphatic heterocycles. The number of aromatic nitrogens is 3. The van der Waals surface area contributed by atoms with E-state index in [0.717, 1.165) is 35.0 Å². The van der Waals surface area contributed by atoms with Gasteiger partial charge in [0.1, 0.15) is 0 Å². The number of hydrogen-bond donors (Lipinski definition) is 3. The van der Waals surface area contributed by atoms with Gasteiger partial charge in [-0.2, -0.15) is 0 Å². The second-order valence-electron chi connectivity index (χ2n) is 5.32. The highest BCUT2D eigenvalue weighted by atomic mass is 32.2. The van der Waals surface area contributed by atoms with Gasteiger partial charge < -0.3 is 0 Å². The molecule has 0 fully saturated rings. The van der Waals surface area contributed by atoms with E-state index in [9.17, 15) is 14.4 Å². The van der Waals surface area contributed by atoms with Crippen molar-refractivity contribution in [3.05, 3.63) is 31.9 Å². The summed E-state index contributed by atoms with van der Waals surface area (Å²) in [6.07, 6.45) is 1.66. The number of H-pyrrole nitrogens is 1. The monoisotopic (exact) mass is 383 g/mol. The summed E-state index contributed by atoms with van der Waals surface area (Å²) in [5.41, 5.74) is 5.57. The third kappa shape index (κ3) is 4.95. The van der Waals surface area contributed by atoms with Crippen LogP contribution in [0.3, 0.4) is 0 Å². The minimum atomic E-state index is -0.374. The topological polar surface area (TPSA) is 109 Å². The molecule has 2 amide bonds. The number of carbonyl (C=O) groups excluding carboxylic acids is 2. The van der Waals surface area contributed by atoms with E-state index < -0.39 is 0 Å². The zero-order valence-electron chi connectivity index (χ0n) is 14.3. The number of thioether (sulfide) groups is 1. The fraction of sp³-hybridized carbons (Fsp3) is 0.467. The largest absolute Gasteiger partial charge is 0.343 e. The maximum atomic E-state index is 12.1. The Morgan fingerprint density at radius 1 is 1.36 bits per heavy atom. The summed E-state index contributed by atoms with van der Waals surface area (Å²) < 4.78 is 1.48. The molecule has 8 nitrogen and oxygen atoms in total. The standard InChI is InChI=1S/C15H21N5O3S2/c1-4-6-20-14(23)18-19-15(20)24-8-12(21)16-17-13(22)11-7-9(3)10(5-2)25-11/h7H,4-6,8H2,1-3H3,(H,16,21)(H,17,22)(H,18,23). The summed E-state index contributed by atoms with van der Waals surface area (Å²) in [6.45, 7) is 6.48. The Labute approximate surface area is 153 Å². The van der Waals surface area contributed by atoms with Crippen LogP contribution in [0.1, 0.15) is 40.4 Å². The smallest absolute Gasteiger partial charge is 0.272 e. The molecule has 0 aliphatic carbocycles. The zero-order valence-corrected chi connectivity index (χ0v) is 16.0. The van der Waals surface area contributed by atoms with Crippen LogP contribution < -0.4 is 16.5 Å². The molecule has 0 aliphatic rings. The van der Waals surface area contributed by atoms with E-state index in [-0.39, 0.29) is 23.3 Å². The van der Waals surface area contributed by atoms with Crippen molar-refractivity contribution in [2.24, 2.45) is 0 Å². The minimum absolute atomic E-state index is 0.0396. The number of aromatic amines is 1. The van der Waals surface area contributed by atoms with E-state index in [2.05, 4.69) is 21.0 Å². The quantitative estimate of drug-likeness (QED) is 0.495. The van der Waals surface area contributed by atoms with Gasteiger partial charge in [0.15, 0.2) is 5.16 Å². The van der Waals surface area contributed by atoms with Gasteiger partial charge >= 0.3 is 5.69 Å². The Morgan fingerprint density at radius 3 is 2.76 bits per heavy atom. The van der Waals surface area contributed by atoms with Crippen molar-refractivity contribution in [1.29, 1.82) is 0 Å². The van der Waals surface area contributed by atoms with E-state index in [0.29, 0.717) is 16.6 Å². The first-order valence-corrected chi connectivity index (χ1v) is 9.72. The number of hydrogen-bond acceptors (Lipinski definition) is 6. The number of amides is 2. The number of rotatable bonds is 7. The number of nitrogens with zero attached hydrogens (tertiary/aromatic N) is 2. The molecular weight excluding hydrogens is 362 g/mol. The maximum absolute atomic E-state index is 12.1. The summed E-state index contributed by atoms with van der Waals surface area (Å²) in [7, 11) is 0. The second-order valence-corrected chi connectivity index (χ2v) is 7.40. The van der Waals surface area contributed by atoms with Crippen molar-refractivity contribution < 1.29 is 9.59 Å². The van der Waals surface area contributed by atoms with Crippen molar-refractivity contribution in [2.45, 2.75) is 45.3 Å². The first-order chi connectivity index (χ1) is 12.0. The zero-order chi connectivity index (χ0) is 18.4. The van der Waals surface area contributed by atoms with Gasteiger partial charge in [0.25, 0.3) is 5.91 Å². The molecule has 0 saturated heterocycles. The molecule has 2 aromatic heterocycles. The molecule has 0 spiro atoms. The molecule has 0 saturated carbocycles. The van der Waals surface area contributed by atoms with E-state index >= 15 is 0 Å². The van der Waals surface area contributed by atoms with Gasteiger partial charge in [-0.3, -0.25) is 25.0 Å². The fourth-order valence-corrected chi connectivity index (χ4v) is 3.95. The van der Waals surface area contributed by atoms with Crippen LogP contribution in [0.25, 0.3) is 0 Å². The average Bonchev–Trinajstić information content (AvgIpc) is 3.14. The molecule has 2 aromatic rings. The third-order valence-electron chi connectivity index (χ3n) is 3.38. The van der Waals surface area contributed by atoms with Gasteiger partial charge in [0, 0.05) is 11.4 Å². The first kappa shape index (κ1) is 19.3. The molecule has 0 bridgehead atoms. The molecule has 2 rings (SSSR count). The predicted molar refractivity (Wildman–Crippen MR) is 97.9 cm³/mol. The summed E-state index contributed by atoms with van der Waals surface area (Å²) in [5, 5.41) is 6.71. The van der Waals surface area contributed by atoms with Crippen LogP contribution in [0.15, 0.2) is 16.0 Å². The van der Waals surface area contributed by atoms with E-state index in [4.69, 9.17) is 0 Å². The number of carbonyl (C=O) groups is 2. The molecule has 136 valence electrons. The Hall–Kier alpha value is -2.07. The van der Waals surface area contributed by atoms with Gasteiger partial charge in [0.2, 0.25) is 5.91 Å². The highest BCUT2D eigenvalue weighted by Gasteiger charge is 2.14. The lowest BCUT2D eigenvalue weighted by molar-refractivity contribution is -0.119. The van der Waals surface area contributed by atoms with Gasteiger partial charge in [0.05, 0.1) is 10.6 Å². The molecule has 0 atom stereocenters. The van der Waals surface area contributed by atoms with Gasteiger partial charge in [-0.05, 0) is 31.4 Å². The van der Waals surface area contributed by atoms with Crippen LogP contribution in [0.2, 0.25) is 0 Å². The second kappa shape index (κ2) is 8.86. The van der Waals surface area contributed by atoms with Gasteiger partial charge in [-0.1, -0.05) is 25.6 Å². The maximum Gasteiger partial charge on any atom is 0.343 e. The third-order valence-corrected chi connectivity index (χ3v) is 5.74. The van der Waals surface area contributed by atoms with Gasteiger partial charge in [-0.25, -0.2) is 9.89 Å². The molecule has 0 unspecified atom stereocenters. The van der Waals surface area contributed by atoms with Crippen molar-refractivity contribution in [3.63, 3.8) is 0 Å². The Bertz CT molecular complexity index is 808. The molecule has 25 heavy (non-hydrogen) atoms. The number of hydrazine groups is 1. The van der Waals surface area contributed by atoms with Crippen LogP contribution in [-0.4, -0.2) is 32.3 Å². The first-order valence-electron chi connectivity index (χ1n) is 7.92. The van der Waals surface area contributed by atoms with Crippen molar-refractivity contribution >= 4 is 34.9 Å².